The van der Waals surface area contributed by atoms with Crippen LogP contribution in [0, 0.1) is 11.8 Å². The molecule has 0 spiro atoms. The molecule has 0 aliphatic heterocycles. The second-order valence-corrected chi connectivity index (χ2v) is 7.64. The third-order valence-corrected chi connectivity index (χ3v) is 3.75. The molecule has 1 atom stereocenters. The van der Waals surface area contributed by atoms with E-state index in [-0.39, 0.29) is 24.1 Å². The van der Waals surface area contributed by atoms with Gasteiger partial charge in [0.2, 0.25) is 5.91 Å². The van der Waals surface area contributed by atoms with E-state index in [1.165, 1.54) is 11.2 Å². The van der Waals surface area contributed by atoms with Crippen molar-refractivity contribution < 1.29 is 13.2 Å². The van der Waals surface area contributed by atoms with Crippen LogP contribution in [0.3, 0.4) is 0 Å². The van der Waals surface area contributed by atoms with Crippen LogP contribution >= 0.6 is 0 Å². The number of carbonyl (C=O) groups is 1. The van der Waals surface area contributed by atoms with Crippen molar-refractivity contribution in [3.05, 3.63) is 0 Å². The molecule has 0 aromatic heterocycles. The van der Waals surface area contributed by atoms with Crippen molar-refractivity contribution in [2.45, 2.75) is 26.7 Å². The Morgan fingerprint density at radius 3 is 2.28 bits per heavy atom. The Morgan fingerprint density at radius 2 is 1.89 bits per heavy atom. The molecule has 0 radical (unpaired) electrons. The third kappa shape index (κ3) is 8.47. The molecule has 0 heterocycles. The molecule has 0 saturated carbocycles. The quantitative estimate of drug-likeness (QED) is 0.701. The van der Waals surface area contributed by atoms with Gasteiger partial charge in [0.05, 0.1) is 5.75 Å². The number of amides is 1. The van der Waals surface area contributed by atoms with Gasteiger partial charge in [-0.15, -0.1) is 0 Å². The molecule has 1 amide bonds. The topological polar surface area (TPSA) is 80.5 Å². The molecule has 0 aromatic rings. The Kier molecular flexibility index (Phi) is 7.47. The Hall–Kier alpha value is -0.620. The molecule has 6 heteroatoms. The van der Waals surface area contributed by atoms with E-state index >= 15 is 0 Å². The number of nitrogens with zero attached hydrogens (tertiary/aromatic N) is 1. The highest BCUT2D eigenvalue weighted by atomic mass is 32.2. The van der Waals surface area contributed by atoms with Gasteiger partial charge in [0.1, 0.15) is 9.84 Å². The van der Waals surface area contributed by atoms with Crippen molar-refractivity contribution in [1.29, 1.82) is 0 Å². The van der Waals surface area contributed by atoms with Gasteiger partial charge in [-0.25, -0.2) is 8.42 Å². The zero-order chi connectivity index (χ0) is 14.3. The normalized spacial score (nSPS) is 13.7. The molecule has 5 nitrogen and oxygen atoms in total. The van der Waals surface area contributed by atoms with Crippen LogP contribution in [0.15, 0.2) is 0 Å². The maximum atomic E-state index is 11.9. The number of rotatable bonds is 8. The predicted molar refractivity (Wildman–Crippen MR) is 74.0 cm³/mol. The summed E-state index contributed by atoms with van der Waals surface area (Å²) in [5, 5.41) is 0. The van der Waals surface area contributed by atoms with E-state index in [4.69, 9.17) is 5.73 Å². The Labute approximate surface area is 111 Å². The van der Waals surface area contributed by atoms with Crippen molar-refractivity contribution in [3.63, 3.8) is 0 Å². The summed E-state index contributed by atoms with van der Waals surface area (Å²) in [6.07, 6.45) is 2.49. The summed E-state index contributed by atoms with van der Waals surface area (Å²) in [6, 6.07) is 0. The lowest BCUT2D eigenvalue weighted by atomic mass is 9.94. The van der Waals surface area contributed by atoms with Crippen LogP contribution in [0.5, 0.6) is 0 Å². The van der Waals surface area contributed by atoms with E-state index in [1.54, 1.807) is 7.05 Å². The Balaban J connectivity index is 4.21. The standard InChI is InChI=1S/C12H26N2O3S/c1-10(2)7-11(9-13)8-12(15)14(3)5-6-18(4,16)17/h10-11H,5-9,13H2,1-4H3/t11-/m0/s1. The molecule has 2 N–H and O–H groups in total. The molecule has 18 heavy (non-hydrogen) atoms. The number of hydrogen-bond donors (Lipinski definition) is 1. The first kappa shape index (κ1) is 17.4. The van der Waals surface area contributed by atoms with E-state index in [0.29, 0.717) is 18.9 Å². The van der Waals surface area contributed by atoms with Crippen LogP contribution in [0.2, 0.25) is 0 Å². The van der Waals surface area contributed by atoms with Crippen molar-refractivity contribution in [1.82, 2.24) is 4.90 Å². The molecule has 0 fully saturated rings. The molecule has 0 unspecified atom stereocenters. The summed E-state index contributed by atoms with van der Waals surface area (Å²) in [4.78, 5) is 13.4. The lowest BCUT2D eigenvalue weighted by molar-refractivity contribution is -0.130. The van der Waals surface area contributed by atoms with Gasteiger partial charge < -0.3 is 10.6 Å². The van der Waals surface area contributed by atoms with Crippen LogP contribution in [-0.4, -0.2) is 51.4 Å². The second kappa shape index (κ2) is 7.74. The zero-order valence-corrected chi connectivity index (χ0v) is 12.7. The highest BCUT2D eigenvalue weighted by Gasteiger charge is 2.17. The van der Waals surface area contributed by atoms with Gasteiger partial charge in [-0.2, -0.15) is 0 Å². The van der Waals surface area contributed by atoms with Crippen LogP contribution in [-0.2, 0) is 14.6 Å². The molecule has 0 bridgehead atoms. The van der Waals surface area contributed by atoms with E-state index < -0.39 is 9.84 Å². The van der Waals surface area contributed by atoms with E-state index in [1.807, 2.05) is 0 Å². The highest BCUT2D eigenvalue weighted by Crippen LogP contribution is 2.15. The lowest BCUT2D eigenvalue weighted by Gasteiger charge is -2.21. The first-order valence-electron chi connectivity index (χ1n) is 6.27. The fourth-order valence-corrected chi connectivity index (χ4v) is 2.37. The minimum atomic E-state index is -3.02. The molecule has 108 valence electrons. The monoisotopic (exact) mass is 278 g/mol. The number of hydrogen-bond acceptors (Lipinski definition) is 4. The Morgan fingerprint density at radius 1 is 1.33 bits per heavy atom. The fourth-order valence-electron chi connectivity index (χ4n) is 1.76. The summed E-state index contributed by atoms with van der Waals surface area (Å²) < 4.78 is 22.0. The number of carbonyl (C=O) groups excluding carboxylic acids is 1. The van der Waals surface area contributed by atoms with Gasteiger partial charge in [-0.3, -0.25) is 4.79 Å². The van der Waals surface area contributed by atoms with Gasteiger partial charge in [-0.1, -0.05) is 13.8 Å². The maximum Gasteiger partial charge on any atom is 0.222 e. The van der Waals surface area contributed by atoms with Crippen molar-refractivity contribution >= 4 is 15.7 Å². The zero-order valence-electron chi connectivity index (χ0n) is 11.8. The van der Waals surface area contributed by atoms with Crippen molar-refractivity contribution in [2.75, 3.05) is 32.1 Å². The molecule has 0 aliphatic rings. The third-order valence-electron chi connectivity index (χ3n) is 2.82. The van der Waals surface area contributed by atoms with Gasteiger partial charge in [0.25, 0.3) is 0 Å². The van der Waals surface area contributed by atoms with Crippen molar-refractivity contribution in [2.24, 2.45) is 17.6 Å². The minimum absolute atomic E-state index is 0.00666. The number of sulfone groups is 1. The largest absolute Gasteiger partial charge is 0.345 e. The highest BCUT2D eigenvalue weighted by molar-refractivity contribution is 7.90. The molecule has 0 aromatic carbocycles. The van der Waals surface area contributed by atoms with Crippen LogP contribution < -0.4 is 5.73 Å². The minimum Gasteiger partial charge on any atom is -0.345 e. The van der Waals surface area contributed by atoms with Gasteiger partial charge in [-0.05, 0) is 24.8 Å². The summed E-state index contributed by atoms with van der Waals surface area (Å²) in [6.45, 7) is 4.93. The Bertz CT molecular complexity index is 352. The predicted octanol–water partition coefficient (Wildman–Crippen LogP) is 0.501. The second-order valence-electron chi connectivity index (χ2n) is 5.38. The first-order valence-corrected chi connectivity index (χ1v) is 8.33. The lowest BCUT2D eigenvalue weighted by Crippen LogP contribution is -2.34. The van der Waals surface area contributed by atoms with Crippen molar-refractivity contribution in [3.8, 4) is 0 Å². The molecule has 0 aliphatic carbocycles. The number of nitrogens with two attached hydrogens (primary N) is 1. The fraction of sp³-hybridized carbons (Fsp3) is 0.917. The molecular formula is C12H26N2O3S. The first-order chi connectivity index (χ1) is 8.15. The SMILES string of the molecule is CC(C)C[C@H](CN)CC(=O)N(C)CCS(C)(=O)=O. The molecule has 0 saturated heterocycles. The summed E-state index contributed by atoms with van der Waals surface area (Å²) in [5.41, 5.74) is 5.65. The van der Waals surface area contributed by atoms with E-state index in [0.717, 1.165) is 6.42 Å². The van der Waals surface area contributed by atoms with Gasteiger partial charge in [0, 0.05) is 26.3 Å². The van der Waals surface area contributed by atoms with E-state index in [2.05, 4.69) is 13.8 Å². The summed E-state index contributed by atoms with van der Waals surface area (Å²) in [5.74, 6) is 0.660. The van der Waals surface area contributed by atoms with Crippen LogP contribution in [0.25, 0.3) is 0 Å². The summed E-state index contributed by atoms with van der Waals surface area (Å²) >= 11 is 0. The average Bonchev–Trinajstić information content (AvgIpc) is 2.22. The average molecular weight is 278 g/mol. The molecule has 0 rings (SSSR count). The van der Waals surface area contributed by atoms with Crippen LogP contribution in [0.1, 0.15) is 26.7 Å². The van der Waals surface area contributed by atoms with Gasteiger partial charge in [0.15, 0.2) is 0 Å². The smallest absolute Gasteiger partial charge is 0.222 e. The molecular weight excluding hydrogens is 252 g/mol. The van der Waals surface area contributed by atoms with E-state index in [9.17, 15) is 13.2 Å². The maximum absolute atomic E-state index is 11.9. The van der Waals surface area contributed by atoms with Gasteiger partial charge >= 0.3 is 0 Å². The summed E-state index contributed by atoms with van der Waals surface area (Å²) in [7, 11) is -1.39. The van der Waals surface area contributed by atoms with Crippen LogP contribution in [0.4, 0.5) is 0 Å².